The Morgan fingerprint density at radius 1 is 1.00 bits per heavy atom. The highest BCUT2D eigenvalue weighted by Crippen LogP contribution is 2.30. The number of rotatable bonds is 11. The van der Waals surface area contributed by atoms with Gasteiger partial charge in [-0.15, -0.1) is 10.2 Å². The molecule has 0 bridgehead atoms. The number of hydrogen-bond donors (Lipinski definition) is 2. The van der Waals surface area contributed by atoms with E-state index in [1.165, 1.54) is 23.9 Å². The van der Waals surface area contributed by atoms with Gasteiger partial charge in [-0.3, -0.25) is 30.3 Å². The molecule has 194 valence electrons. The Kier molecular flexibility index (Phi) is 8.23. The van der Waals surface area contributed by atoms with Gasteiger partial charge in [0.05, 0.1) is 30.6 Å². The number of amides is 1. The SMILES string of the molecule is C=C(NNC(=O)CSc1nnc(-c2ccc(OC)cc2)n1-c1ccc(OC)cc1)c1cccc([N+](=O)[O-])c1. The van der Waals surface area contributed by atoms with E-state index in [-0.39, 0.29) is 17.3 Å². The number of hydrazine groups is 1. The standard InChI is InChI=1S/C26H24N6O5S/c1-17(19-5-4-6-21(15-19)32(34)35)27-28-24(33)16-38-26-30-29-25(18-7-11-22(36-2)12-8-18)31(26)20-9-13-23(37-3)14-10-20/h4-15,27H,1,16H2,2-3H3,(H,28,33). The van der Waals surface area contributed by atoms with Crippen molar-refractivity contribution in [1.82, 2.24) is 25.6 Å². The van der Waals surface area contributed by atoms with Gasteiger partial charge in [0.1, 0.15) is 11.5 Å². The summed E-state index contributed by atoms with van der Waals surface area (Å²) in [6.07, 6.45) is 0. The van der Waals surface area contributed by atoms with E-state index in [1.54, 1.807) is 26.4 Å². The summed E-state index contributed by atoms with van der Waals surface area (Å²) in [5.41, 5.74) is 7.60. The Morgan fingerprint density at radius 3 is 2.29 bits per heavy atom. The summed E-state index contributed by atoms with van der Waals surface area (Å²) in [4.78, 5) is 23.1. The number of nitrogens with one attached hydrogen (secondary N) is 2. The first kappa shape index (κ1) is 26.2. The average molecular weight is 533 g/mol. The largest absolute Gasteiger partial charge is 0.497 e. The third-order valence-electron chi connectivity index (χ3n) is 5.40. The third-order valence-corrected chi connectivity index (χ3v) is 6.33. The lowest BCUT2D eigenvalue weighted by Crippen LogP contribution is -2.37. The predicted octanol–water partition coefficient (Wildman–Crippen LogP) is 4.24. The number of benzene rings is 3. The molecule has 11 nitrogen and oxygen atoms in total. The fourth-order valence-electron chi connectivity index (χ4n) is 3.45. The van der Waals surface area contributed by atoms with Gasteiger partial charge < -0.3 is 9.47 Å². The quantitative estimate of drug-likeness (QED) is 0.165. The second-order valence-corrected chi connectivity index (χ2v) is 8.76. The van der Waals surface area contributed by atoms with Crippen LogP contribution in [-0.2, 0) is 4.79 Å². The number of aromatic nitrogens is 3. The van der Waals surface area contributed by atoms with Gasteiger partial charge in [-0.05, 0) is 48.5 Å². The van der Waals surface area contributed by atoms with Crippen molar-refractivity contribution < 1.29 is 19.2 Å². The summed E-state index contributed by atoms with van der Waals surface area (Å²) < 4.78 is 12.4. The van der Waals surface area contributed by atoms with E-state index in [0.717, 1.165) is 17.0 Å². The van der Waals surface area contributed by atoms with E-state index < -0.39 is 4.92 Å². The smallest absolute Gasteiger partial charge is 0.270 e. The molecule has 38 heavy (non-hydrogen) atoms. The van der Waals surface area contributed by atoms with Gasteiger partial charge in [-0.25, -0.2) is 0 Å². The highest BCUT2D eigenvalue weighted by Gasteiger charge is 2.18. The summed E-state index contributed by atoms with van der Waals surface area (Å²) >= 11 is 1.20. The highest BCUT2D eigenvalue weighted by molar-refractivity contribution is 7.99. The minimum Gasteiger partial charge on any atom is -0.497 e. The molecule has 0 saturated heterocycles. The minimum atomic E-state index is -0.495. The van der Waals surface area contributed by atoms with Gasteiger partial charge in [0.15, 0.2) is 11.0 Å². The molecular weight excluding hydrogens is 508 g/mol. The molecule has 0 saturated carbocycles. The number of hydrogen-bond acceptors (Lipinski definition) is 9. The third kappa shape index (κ3) is 6.10. The van der Waals surface area contributed by atoms with Gasteiger partial charge in [0, 0.05) is 28.9 Å². The molecule has 0 spiro atoms. The second-order valence-electron chi connectivity index (χ2n) is 7.82. The molecule has 4 rings (SSSR count). The lowest BCUT2D eigenvalue weighted by molar-refractivity contribution is -0.384. The number of methoxy groups -OCH3 is 2. The van der Waals surface area contributed by atoms with E-state index in [2.05, 4.69) is 27.6 Å². The van der Waals surface area contributed by atoms with Crippen LogP contribution in [-0.4, -0.2) is 45.6 Å². The van der Waals surface area contributed by atoms with E-state index in [9.17, 15) is 14.9 Å². The summed E-state index contributed by atoms with van der Waals surface area (Å²) in [6.45, 7) is 3.83. The van der Waals surface area contributed by atoms with E-state index in [1.807, 2.05) is 53.1 Å². The fraction of sp³-hybridized carbons (Fsp3) is 0.115. The van der Waals surface area contributed by atoms with Crippen LogP contribution in [0.1, 0.15) is 5.56 Å². The molecule has 1 heterocycles. The molecule has 0 aliphatic rings. The highest BCUT2D eigenvalue weighted by atomic mass is 32.2. The first-order valence-electron chi connectivity index (χ1n) is 11.2. The first-order valence-corrected chi connectivity index (χ1v) is 12.2. The molecule has 0 atom stereocenters. The summed E-state index contributed by atoms with van der Waals surface area (Å²) in [6, 6.07) is 20.8. The van der Waals surface area contributed by atoms with Crippen molar-refractivity contribution in [3.63, 3.8) is 0 Å². The monoisotopic (exact) mass is 532 g/mol. The molecule has 4 aromatic rings. The molecule has 0 aliphatic carbocycles. The number of carbonyl (C=O) groups is 1. The maximum absolute atomic E-state index is 12.6. The van der Waals surface area contributed by atoms with Gasteiger partial charge in [-0.2, -0.15) is 0 Å². The lowest BCUT2D eigenvalue weighted by atomic mass is 10.1. The van der Waals surface area contributed by atoms with E-state index in [4.69, 9.17) is 9.47 Å². The van der Waals surface area contributed by atoms with E-state index in [0.29, 0.717) is 28.0 Å². The van der Waals surface area contributed by atoms with Crippen molar-refractivity contribution in [2.75, 3.05) is 20.0 Å². The Balaban J connectivity index is 1.49. The van der Waals surface area contributed by atoms with Crippen LogP contribution in [0.5, 0.6) is 11.5 Å². The molecule has 3 aromatic carbocycles. The molecule has 12 heteroatoms. The number of nitrogens with zero attached hydrogens (tertiary/aromatic N) is 4. The van der Waals surface area contributed by atoms with Crippen LogP contribution in [0.3, 0.4) is 0 Å². The zero-order valence-electron chi connectivity index (χ0n) is 20.6. The van der Waals surface area contributed by atoms with Crippen molar-refractivity contribution in [3.05, 3.63) is 95.1 Å². The van der Waals surface area contributed by atoms with Crippen LogP contribution < -0.4 is 20.3 Å². The number of carbonyl (C=O) groups excluding carboxylic acids is 1. The Bertz CT molecular complexity index is 1450. The van der Waals surface area contributed by atoms with Crippen molar-refractivity contribution in [3.8, 4) is 28.6 Å². The van der Waals surface area contributed by atoms with E-state index >= 15 is 0 Å². The average Bonchev–Trinajstić information content (AvgIpc) is 3.38. The number of nitro groups is 1. The zero-order chi connectivity index (χ0) is 27.1. The normalized spacial score (nSPS) is 10.5. The van der Waals surface area contributed by atoms with Crippen LogP contribution in [0.4, 0.5) is 5.69 Å². The van der Waals surface area contributed by atoms with Crippen LogP contribution >= 0.6 is 11.8 Å². The maximum atomic E-state index is 12.6. The molecule has 0 aliphatic heterocycles. The predicted molar refractivity (Wildman–Crippen MR) is 144 cm³/mol. The molecule has 0 radical (unpaired) electrons. The maximum Gasteiger partial charge on any atom is 0.270 e. The second kappa shape index (κ2) is 11.9. The zero-order valence-corrected chi connectivity index (χ0v) is 21.4. The van der Waals surface area contributed by atoms with Crippen LogP contribution in [0.25, 0.3) is 22.8 Å². The van der Waals surface area contributed by atoms with Crippen molar-refractivity contribution in [2.45, 2.75) is 5.16 Å². The number of thioether (sulfide) groups is 1. The lowest BCUT2D eigenvalue weighted by Gasteiger charge is -2.13. The number of non-ortho nitro benzene ring substituents is 1. The van der Waals surface area contributed by atoms with Crippen LogP contribution in [0, 0.1) is 10.1 Å². The Morgan fingerprint density at radius 2 is 1.66 bits per heavy atom. The Labute approximate surface area is 222 Å². The minimum absolute atomic E-state index is 0.0200. The van der Waals surface area contributed by atoms with Crippen molar-refractivity contribution in [2.24, 2.45) is 0 Å². The summed E-state index contributed by atoms with van der Waals surface area (Å²) in [5.74, 6) is 1.69. The first-order chi connectivity index (χ1) is 18.4. The van der Waals surface area contributed by atoms with Crippen LogP contribution in [0.15, 0.2) is 84.5 Å². The topological polar surface area (TPSA) is 133 Å². The van der Waals surface area contributed by atoms with Gasteiger partial charge in [0.25, 0.3) is 5.69 Å². The van der Waals surface area contributed by atoms with Gasteiger partial charge in [-0.1, -0.05) is 30.5 Å². The fourth-order valence-corrected chi connectivity index (χ4v) is 4.20. The molecule has 1 amide bonds. The van der Waals surface area contributed by atoms with Gasteiger partial charge in [0.2, 0.25) is 5.91 Å². The molecular formula is C26H24N6O5S. The molecule has 0 fully saturated rings. The summed E-state index contributed by atoms with van der Waals surface area (Å²) in [7, 11) is 3.20. The van der Waals surface area contributed by atoms with Gasteiger partial charge >= 0.3 is 0 Å². The van der Waals surface area contributed by atoms with Crippen molar-refractivity contribution in [1.29, 1.82) is 0 Å². The number of nitro benzene ring substituents is 1. The molecule has 1 aromatic heterocycles. The number of ether oxygens (including phenoxy) is 2. The Hall–Kier alpha value is -4.84. The molecule has 0 unspecified atom stereocenters. The van der Waals surface area contributed by atoms with Crippen molar-refractivity contribution >= 4 is 29.1 Å². The van der Waals surface area contributed by atoms with Crippen LogP contribution in [0.2, 0.25) is 0 Å². The molecule has 2 N–H and O–H groups in total. The summed E-state index contributed by atoms with van der Waals surface area (Å²) in [5, 5.41) is 20.2.